The number of anilines is 1. The largest absolute Gasteiger partial charge is 0.324 e. The monoisotopic (exact) mass is 221 g/mol. The first kappa shape index (κ1) is 10.6. The van der Waals surface area contributed by atoms with Gasteiger partial charge in [-0.25, -0.2) is 0 Å². The van der Waals surface area contributed by atoms with Crippen LogP contribution in [0, 0.1) is 20.8 Å². The molecule has 1 atom stereocenters. The molecule has 1 N–H and O–H groups in total. The third kappa shape index (κ3) is 1.46. The van der Waals surface area contributed by atoms with Crippen molar-refractivity contribution in [3.63, 3.8) is 0 Å². The maximum atomic E-state index is 11.7. The second-order valence-electron chi connectivity index (χ2n) is 4.01. The first-order chi connectivity index (χ1) is 7.06. The number of fused-ring (bicyclic) bond motifs is 1. The van der Waals surface area contributed by atoms with E-state index in [1.807, 2.05) is 6.26 Å². The van der Waals surface area contributed by atoms with Gasteiger partial charge in [0.1, 0.15) is 5.25 Å². The molecular formula is C12H15NOS. The highest BCUT2D eigenvalue weighted by molar-refractivity contribution is 7.99. The Morgan fingerprint density at radius 2 is 1.93 bits per heavy atom. The zero-order valence-corrected chi connectivity index (χ0v) is 10.3. The van der Waals surface area contributed by atoms with Crippen molar-refractivity contribution in [2.75, 3.05) is 11.6 Å². The fourth-order valence-electron chi connectivity index (χ4n) is 2.10. The number of carbonyl (C=O) groups excluding carboxylic acids is 1. The van der Waals surface area contributed by atoms with Gasteiger partial charge < -0.3 is 5.32 Å². The minimum Gasteiger partial charge on any atom is -0.324 e. The third-order valence-corrected chi connectivity index (χ3v) is 4.12. The summed E-state index contributed by atoms with van der Waals surface area (Å²) < 4.78 is 0. The van der Waals surface area contributed by atoms with Crippen LogP contribution in [0.25, 0.3) is 0 Å². The smallest absolute Gasteiger partial charge is 0.242 e. The molecule has 0 aromatic heterocycles. The Morgan fingerprint density at radius 1 is 1.27 bits per heavy atom. The average molecular weight is 221 g/mol. The third-order valence-electron chi connectivity index (χ3n) is 3.20. The van der Waals surface area contributed by atoms with Gasteiger partial charge in [0, 0.05) is 11.3 Å². The van der Waals surface area contributed by atoms with Crippen molar-refractivity contribution in [3.8, 4) is 0 Å². The molecule has 0 aliphatic carbocycles. The van der Waals surface area contributed by atoms with Crippen molar-refractivity contribution in [1.29, 1.82) is 0 Å². The fraction of sp³-hybridized carbons (Fsp3) is 0.417. The molecule has 1 aliphatic heterocycles. The Morgan fingerprint density at radius 3 is 2.53 bits per heavy atom. The highest BCUT2D eigenvalue weighted by Crippen LogP contribution is 2.42. The Hall–Kier alpha value is -0.960. The van der Waals surface area contributed by atoms with Gasteiger partial charge in [-0.1, -0.05) is 0 Å². The van der Waals surface area contributed by atoms with E-state index in [-0.39, 0.29) is 11.2 Å². The van der Waals surface area contributed by atoms with E-state index in [4.69, 9.17) is 0 Å². The molecule has 0 saturated carbocycles. The van der Waals surface area contributed by atoms with E-state index in [0.29, 0.717) is 0 Å². The van der Waals surface area contributed by atoms with Crippen LogP contribution in [0.5, 0.6) is 0 Å². The summed E-state index contributed by atoms with van der Waals surface area (Å²) in [6, 6.07) is 2.08. The van der Waals surface area contributed by atoms with E-state index in [9.17, 15) is 4.79 Å². The van der Waals surface area contributed by atoms with E-state index < -0.39 is 0 Å². The first-order valence-corrected chi connectivity index (χ1v) is 6.29. The Balaban J connectivity index is 2.66. The highest BCUT2D eigenvalue weighted by Gasteiger charge is 2.32. The normalized spacial score (nSPS) is 18.9. The van der Waals surface area contributed by atoms with Crippen molar-refractivity contribution in [2.45, 2.75) is 26.0 Å². The number of hydrogen-bond acceptors (Lipinski definition) is 2. The molecule has 2 rings (SSSR count). The molecule has 1 amide bonds. The molecular weight excluding hydrogens is 206 g/mol. The summed E-state index contributed by atoms with van der Waals surface area (Å²) in [4.78, 5) is 11.7. The van der Waals surface area contributed by atoms with Gasteiger partial charge in [-0.3, -0.25) is 4.79 Å². The Bertz CT molecular complexity index is 440. The van der Waals surface area contributed by atoms with Crippen molar-refractivity contribution >= 4 is 23.4 Å². The molecule has 1 heterocycles. The predicted octanol–water partition coefficient (Wildman–Crippen LogP) is 2.97. The molecule has 80 valence electrons. The summed E-state index contributed by atoms with van der Waals surface area (Å²) in [5, 5.41) is 2.92. The quantitative estimate of drug-likeness (QED) is 0.790. The summed E-state index contributed by atoms with van der Waals surface area (Å²) in [5.74, 6) is 0.116. The van der Waals surface area contributed by atoms with Gasteiger partial charge in [0.2, 0.25) is 5.91 Å². The van der Waals surface area contributed by atoms with Crippen molar-refractivity contribution in [2.24, 2.45) is 0 Å². The maximum absolute atomic E-state index is 11.7. The summed E-state index contributed by atoms with van der Waals surface area (Å²) >= 11 is 1.60. The summed E-state index contributed by atoms with van der Waals surface area (Å²) in [6.07, 6.45) is 1.98. The Labute approximate surface area is 94.4 Å². The molecule has 1 aromatic carbocycles. The second kappa shape index (κ2) is 3.56. The van der Waals surface area contributed by atoms with Crippen molar-refractivity contribution < 1.29 is 4.79 Å². The summed E-state index contributed by atoms with van der Waals surface area (Å²) in [7, 11) is 0. The lowest BCUT2D eigenvalue weighted by molar-refractivity contribution is -0.115. The molecule has 0 bridgehead atoms. The fourth-order valence-corrected chi connectivity index (χ4v) is 2.91. The molecule has 0 radical (unpaired) electrons. The van der Waals surface area contributed by atoms with E-state index >= 15 is 0 Å². The predicted molar refractivity (Wildman–Crippen MR) is 65.5 cm³/mol. The zero-order valence-electron chi connectivity index (χ0n) is 9.47. The minimum atomic E-state index is -0.0284. The molecule has 1 aromatic rings. The molecule has 15 heavy (non-hydrogen) atoms. The van der Waals surface area contributed by atoms with Crippen molar-refractivity contribution in [3.05, 3.63) is 28.3 Å². The molecule has 2 nitrogen and oxygen atoms in total. The molecule has 1 aliphatic rings. The summed E-state index contributed by atoms with van der Waals surface area (Å²) in [6.45, 7) is 6.30. The number of hydrogen-bond donors (Lipinski definition) is 1. The highest BCUT2D eigenvalue weighted by atomic mass is 32.2. The lowest BCUT2D eigenvalue weighted by Gasteiger charge is -2.13. The van der Waals surface area contributed by atoms with Gasteiger partial charge in [-0.2, -0.15) is 0 Å². The van der Waals surface area contributed by atoms with Crippen LogP contribution in [-0.4, -0.2) is 12.2 Å². The number of benzene rings is 1. The Kier molecular flexibility index (Phi) is 2.51. The van der Waals surface area contributed by atoms with Crippen LogP contribution in [0.3, 0.4) is 0 Å². The lowest BCUT2D eigenvalue weighted by atomic mass is 9.97. The van der Waals surface area contributed by atoms with Crippen LogP contribution < -0.4 is 5.32 Å². The second-order valence-corrected chi connectivity index (χ2v) is 4.95. The number of rotatable bonds is 1. The minimum absolute atomic E-state index is 0.0284. The van der Waals surface area contributed by atoms with Gasteiger partial charge in [-0.05, 0) is 49.8 Å². The molecule has 0 saturated heterocycles. The molecule has 0 spiro atoms. The summed E-state index contributed by atoms with van der Waals surface area (Å²) in [5.41, 5.74) is 5.97. The number of amides is 1. The van der Waals surface area contributed by atoms with Crippen LogP contribution >= 0.6 is 11.8 Å². The van der Waals surface area contributed by atoms with E-state index in [1.165, 1.54) is 22.3 Å². The van der Waals surface area contributed by atoms with Crippen LogP contribution in [0.4, 0.5) is 5.69 Å². The number of thioether (sulfide) groups is 1. The van der Waals surface area contributed by atoms with Crippen molar-refractivity contribution in [1.82, 2.24) is 0 Å². The van der Waals surface area contributed by atoms with Crippen LogP contribution in [0.2, 0.25) is 0 Å². The number of nitrogens with one attached hydrogen (secondary N) is 1. The average Bonchev–Trinajstić information content (AvgIpc) is 2.50. The number of aryl methyl sites for hydroxylation is 1. The van der Waals surface area contributed by atoms with Gasteiger partial charge in [0.15, 0.2) is 0 Å². The van der Waals surface area contributed by atoms with Gasteiger partial charge in [0.05, 0.1) is 0 Å². The van der Waals surface area contributed by atoms with Crippen LogP contribution in [-0.2, 0) is 4.79 Å². The van der Waals surface area contributed by atoms with Gasteiger partial charge in [-0.15, -0.1) is 11.8 Å². The van der Waals surface area contributed by atoms with Crippen LogP contribution in [0.1, 0.15) is 27.5 Å². The van der Waals surface area contributed by atoms with Crippen LogP contribution in [0.15, 0.2) is 6.07 Å². The zero-order chi connectivity index (χ0) is 11.2. The van der Waals surface area contributed by atoms with E-state index in [2.05, 4.69) is 32.2 Å². The molecule has 0 fully saturated rings. The van der Waals surface area contributed by atoms with E-state index in [1.54, 1.807) is 11.8 Å². The standard InChI is InChI=1S/C12H15NOS/c1-6-5-9-10(8(3)7(6)2)11(15-4)12(14)13-9/h5,11H,1-4H3,(H,13,14). The van der Waals surface area contributed by atoms with Gasteiger partial charge in [0.25, 0.3) is 0 Å². The van der Waals surface area contributed by atoms with E-state index in [0.717, 1.165) is 5.69 Å². The lowest BCUT2D eigenvalue weighted by Crippen LogP contribution is -2.08. The van der Waals surface area contributed by atoms with Gasteiger partial charge >= 0.3 is 0 Å². The first-order valence-electron chi connectivity index (χ1n) is 5.00. The topological polar surface area (TPSA) is 29.1 Å². The maximum Gasteiger partial charge on any atom is 0.242 e. The molecule has 1 unspecified atom stereocenters. The number of carbonyl (C=O) groups is 1. The SMILES string of the molecule is CSC1C(=O)Nc2cc(C)c(C)c(C)c21. The molecule has 3 heteroatoms.